The molecule has 0 aliphatic heterocycles. The zero-order valence-electron chi connectivity index (χ0n) is 16.0. The first-order valence-electron chi connectivity index (χ1n) is 8.92. The monoisotopic (exact) mass is 398 g/mol. The SMILES string of the molecule is CCNS(=O)(=O)Nc1cccc(-c2c(C#N)c3ccc(OC)cc3n2CC)c1. The van der Waals surface area contributed by atoms with Gasteiger partial charge in [-0.15, -0.1) is 0 Å². The molecule has 3 aromatic rings. The minimum absolute atomic E-state index is 0.291. The molecule has 8 heteroatoms. The highest BCUT2D eigenvalue weighted by molar-refractivity contribution is 7.90. The standard InChI is InChI=1S/C20H22N4O3S/c1-4-22-28(25,26)23-15-8-6-7-14(11-15)20-18(13-21)17-10-9-16(27-3)12-19(17)24(20)5-2/h6-12,22-23H,4-5H2,1-3H3. The lowest BCUT2D eigenvalue weighted by atomic mass is 10.1. The number of nitriles is 1. The Labute approximate surface area is 164 Å². The first kappa shape index (κ1) is 19.7. The molecule has 0 atom stereocenters. The maximum Gasteiger partial charge on any atom is 0.299 e. The quantitative estimate of drug-likeness (QED) is 0.637. The maximum atomic E-state index is 12.0. The number of nitrogens with one attached hydrogen (secondary N) is 2. The van der Waals surface area contributed by atoms with Crippen LogP contribution in [0.25, 0.3) is 22.2 Å². The van der Waals surface area contributed by atoms with Gasteiger partial charge < -0.3 is 9.30 Å². The molecular weight excluding hydrogens is 376 g/mol. The molecule has 7 nitrogen and oxygen atoms in total. The van der Waals surface area contributed by atoms with Crippen LogP contribution < -0.4 is 14.2 Å². The summed E-state index contributed by atoms with van der Waals surface area (Å²) in [7, 11) is -2.03. The summed E-state index contributed by atoms with van der Waals surface area (Å²) in [5, 5.41) is 10.7. The molecular formula is C20H22N4O3S. The van der Waals surface area contributed by atoms with E-state index in [0.29, 0.717) is 30.1 Å². The average Bonchev–Trinajstić information content (AvgIpc) is 3.00. The number of aromatic nitrogens is 1. The highest BCUT2D eigenvalue weighted by Gasteiger charge is 2.19. The lowest BCUT2D eigenvalue weighted by Crippen LogP contribution is -2.29. The predicted octanol–water partition coefficient (Wildman–Crippen LogP) is 3.47. The van der Waals surface area contributed by atoms with E-state index >= 15 is 0 Å². The van der Waals surface area contributed by atoms with Crippen molar-refractivity contribution in [1.29, 1.82) is 5.26 Å². The number of fused-ring (bicyclic) bond motifs is 1. The van der Waals surface area contributed by atoms with Crippen LogP contribution in [0.4, 0.5) is 5.69 Å². The normalized spacial score (nSPS) is 11.4. The van der Waals surface area contributed by atoms with Crippen LogP contribution in [-0.4, -0.2) is 26.6 Å². The van der Waals surface area contributed by atoms with E-state index in [1.54, 1.807) is 32.2 Å². The summed E-state index contributed by atoms with van der Waals surface area (Å²) in [4.78, 5) is 0. The molecule has 1 heterocycles. The van der Waals surface area contributed by atoms with Crippen molar-refractivity contribution in [2.75, 3.05) is 18.4 Å². The second-order valence-electron chi connectivity index (χ2n) is 6.15. The second-order valence-corrected chi connectivity index (χ2v) is 7.65. The zero-order chi connectivity index (χ0) is 20.3. The van der Waals surface area contributed by atoms with E-state index in [1.165, 1.54) is 0 Å². The topological polar surface area (TPSA) is 96.2 Å². The molecule has 0 fully saturated rings. The number of benzene rings is 2. The lowest BCUT2D eigenvalue weighted by Gasteiger charge is -2.12. The number of aryl methyl sites for hydroxylation is 1. The van der Waals surface area contributed by atoms with Crippen LogP contribution in [0.15, 0.2) is 42.5 Å². The van der Waals surface area contributed by atoms with Gasteiger partial charge in [-0.25, -0.2) is 0 Å². The fourth-order valence-electron chi connectivity index (χ4n) is 3.31. The van der Waals surface area contributed by atoms with Crippen LogP contribution in [-0.2, 0) is 16.8 Å². The van der Waals surface area contributed by atoms with Crippen LogP contribution in [0, 0.1) is 11.3 Å². The Hall–Kier alpha value is -3.02. The predicted molar refractivity (Wildman–Crippen MR) is 111 cm³/mol. The van der Waals surface area contributed by atoms with E-state index in [4.69, 9.17) is 4.74 Å². The highest BCUT2D eigenvalue weighted by Crippen LogP contribution is 2.36. The van der Waals surface area contributed by atoms with Crippen molar-refractivity contribution >= 4 is 26.8 Å². The van der Waals surface area contributed by atoms with Gasteiger partial charge in [-0.3, -0.25) is 4.72 Å². The fourth-order valence-corrected chi connectivity index (χ4v) is 4.20. The smallest absolute Gasteiger partial charge is 0.299 e. The summed E-state index contributed by atoms with van der Waals surface area (Å²) in [6, 6.07) is 14.9. The molecule has 0 saturated heterocycles. The van der Waals surface area contributed by atoms with E-state index in [2.05, 4.69) is 15.5 Å². The number of hydrogen-bond acceptors (Lipinski definition) is 4. The maximum absolute atomic E-state index is 12.0. The van der Waals surface area contributed by atoms with E-state index in [1.807, 2.05) is 35.8 Å². The summed E-state index contributed by atoms with van der Waals surface area (Å²) in [6.45, 7) is 4.65. The minimum Gasteiger partial charge on any atom is -0.497 e. The molecule has 3 rings (SSSR count). The molecule has 0 aliphatic rings. The van der Waals surface area contributed by atoms with Gasteiger partial charge in [0.05, 0.1) is 29.6 Å². The van der Waals surface area contributed by atoms with Crippen molar-refractivity contribution in [3.63, 3.8) is 0 Å². The van der Waals surface area contributed by atoms with E-state index < -0.39 is 10.2 Å². The molecule has 0 amide bonds. The second kappa shape index (κ2) is 7.92. The third kappa shape index (κ3) is 3.67. The van der Waals surface area contributed by atoms with Gasteiger partial charge in [-0.05, 0) is 31.2 Å². The largest absolute Gasteiger partial charge is 0.497 e. The first-order chi connectivity index (χ1) is 13.4. The first-order valence-corrected chi connectivity index (χ1v) is 10.4. The van der Waals surface area contributed by atoms with E-state index in [0.717, 1.165) is 22.2 Å². The summed E-state index contributed by atoms with van der Waals surface area (Å²) in [6.07, 6.45) is 0. The summed E-state index contributed by atoms with van der Waals surface area (Å²) < 4.78 is 36.3. The third-order valence-electron chi connectivity index (χ3n) is 4.42. The Balaban J connectivity index is 2.19. The number of methoxy groups -OCH3 is 1. The Morgan fingerprint density at radius 3 is 2.61 bits per heavy atom. The number of hydrogen-bond donors (Lipinski definition) is 2. The molecule has 0 saturated carbocycles. The van der Waals surface area contributed by atoms with Crippen molar-refractivity contribution < 1.29 is 13.2 Å². The summed E-state index contributed by atoms with van der Waals surface area (Å²) in [5.41, 5.74) is 3.37. The van der Waals surface area contributed by atoms with Crippen LogP contribution in [0.2, 0.25) is 0 Å². The number of anilines is 1. The van der Waals surface area contributed by atoms with Gasteiger partial charge in [-0.2, -0.15) is 18.4 Å². The van der Waals surface area contributed by atoms with Gasteiger partial charge in [0, 0.05) is 30.1 Å². The van der Waals surface area contributed by atoms with Gasteiger partial charge in [0.1, 0.15) is 11.8 Å². The van der Waals surface area contributed by atoms with Crippen LogP contribution in [0.1, 0.15) is 19.4 Å². The Morgan fingerprint density at radius 1 is 1.18 bits per heavy atom. The number of nitrogens with zero attached hydrogens (tertiary/aromatic N) is 2. The van der Waals surface area contributed by atoms with Gasteiger partial charge >= 0.3 is 0 Å². The minimum atomic E-state index is -3.64. The van der Waals surface area contributed by atoms with Crippen molar-refractivity contribution in [2.45, 2.75) is 20.4 Å². The van der Waals surface area contributed by atoms with E-state index in [-0.39, 0.29) is 0 Å². The van der Waals surface area contributed by atoms with Gasteiger partial charge in [0.25, 0.3) is 10.2 Å². The van der Waals surface area contributed by atoms with Crippen LogP contribution in [0.3, 0.4) is 0 Å². The molecule has 2 N–H and O–H groups in total. The molecule has 28 heavy (non-hydrogen) atoms. The van der Waals surface area contributed by atoms with Crippen LogP contribution in [0.5, 0.6) is 5.75 Å². The third-order valence-corrected chi connectivity index (χ3v) is 5.60. The molecule has 146 valence electrons. The van der Waals surface area contributed by atoms with Crippen molar-refractivity contribution in [3.05, 3.63) is 48.0 Å². The van der Waals surface area contributed by atoms with Gasteiger partial charge in [-0.1, -0.05) is 19.1 Å². The van der Waals surface area contributed by atoms with Crippen molar-refractivity contribution in [1.82, 2.24) is 9.29 Å². The molecule has 1 aromatic heterocycles. The van der Waals surface area contributed by atoms with Gasteiger partial charge in [0.15, 0.2) is 0 Å². The summed E-state index contributed by atoms with van der Waals surface area (Å²) in [5.74, 6) is 0.711. The average molecular weight is 398 g/mol. The Bertz CT molecular complexity index is 1160. The molecule has 2 aromatic carbocycles. The highest BCUT2D eigenvalue weighted by atomic mass is 32.2. The molecule has 0 aliphatic carbocycles. The van der Waals surface area contributed by atoms with Crippen molar-refractivity contribution in [3.8, 4) is 23.1 Å². The van der Waals surface area contributed by atoms with Crippen LogP contribution >= 0.6 is 0 Å². The molecule has 0 radical (unpaired) electrons. The number of ether oxygens (including phenoxy) is 1. The molecule has 0 spiro atoms. The fraction of sp³-hybridized carbons (Fsp3) is 0.250. The molecule has 0 bridgehead atoms. The van der Waals surface area contributed by atoms with E-state index in [9.17, 15) is 13.7 Å². The Morgan fingerprint density at radius 2 is 1.96 bits per heavy atom. The van der Waals surface area contributed by atoms with Gasteiger partial charge in [0.2, 0.25) is 0 Å². The zero-order valence-corrected chi connectivity index (χ0v) is 16.8. The molecule has 0 unspecified atom stereocenters. The summed E-state index contributed by atoms with van der Waals surface area (Å²) >= 11 is 0. The Kier molecular flexibility index (Phi) is 5.58. The lowest BCUT2D eigenvalue weighted by molar-refractivity contribution is 0.415. The van der Waals surface area contributed by atoms with Crippen molar-refractivity contribution in [2.24, 2.45) is 0 Å². The number of rotatable bonds is 7.